The number of nitrogens with one attached hydrogen (secondary N) is 1. The molecule has 6 heteroatoms. The van der Waals surface area contributed by atoms with Gasteiger partial charge in [0.25, 0.3) is 0 Å². The first-order chi connectivity index (χ1) is 13.1. The molecule has 1 aliphatic carbocycles. The fraction of sp³-hybridized carbons (Fsp3) is 0.571. The van der Waals surface area contributed by atoms with Gasteiger partial charge in [0.15, 0.2) is 0 Å². The molecule has 1 saturated heterocycles. The highest BCUT2D eigenvalue weighted by molar-refractivity contribution is 7.07. The van der Waals surface area contributed by atoms with E-state index in [0.717, 1.165) is 62.4 Å². The van der Waals surface area contributed by atoms with Gasteiger partial charge in [-0.05, 0) is 73.9 Å². The quantitative estimate of drug-likeness (QED) is 0.826. The van der Waals surface area contributed by atoms with Crippen molar-refractivity contribution in [3.05, 3.63) is 39.8 Å². The summed E-state index contributed by atoms with van der Waals surface area (Å²) in [4.78, 5) is 24.5. The molecule has 2 atom stereocenters. The van der Waals surface area contributed by atoms with Crippen LogP contribution in [0.1, 0.15) is 56.0 Å². The van der Waals surface area contributed by atoms with Gasteiger partial charge >= 0.3 is 0 Å². The lowest BCUT2D eigenvalue weighted by Gasteiger charge is -2.33. The molecule has 5 nitrogen and oxygen atoms in total. The summed E-state index contributed by atoms with van der Waals surface area (Å²) in [5.74, 6) is 1.02. The third-order valence-electron chi connectivity index (χ3n) is 6.04. The second-order valence-electron chi connectivity index (χ2n) is 7.84. The molecule has 0 bridgehead atoms. The number of hydrogen-bond donors (Lipinski definition) is 1. The first-order valence-electron chi connectivity index (χ1n) is 10.0. The van der Waals surface area contributed by atoms with Gasteiger partial charge in [-0.1, -0.05) is 6.92 Å². The molecule has 2 aliphatic rings. The average Bonchev–Trinajstić information content (AvgIpc) is 3.36. The van der Waals surface area contributed by atoms with Gasteiger partial charge in [0.2, 0.25) is 11.9 Å². The second kappa shape index (κ2) is 7.58. The van der Waals surface area contributed by atoms with Crippen LogP contribution in [0.3, 0.4) is 0 Å². The molecule has 0 radical (unpaired) electrons. The molecule has 2 aromatic rings. The van der Waals surface area contributed by atoms with Crippen LogP contribution in [0, 0.1) is 6.92 Å². The minimum Gasteiger partial charge on any atom is -0.349 e. The van der Waals surface area contributed by atoms with Gasteiger partial charge in [0.1, 0.15) is 0 Å². The number of anilines is 1. The van der Waals surface area contributed by atoms with Crippen LogP contribution in [0.5, 0.6) is 0 Å². The highest BCUT2D eigenvalue weighted by atomic mass is 32.1. The van der Waals surface area contributed by atoms with E-state index in [2.05, 4.69) is 40.0 Å². The molecule has 1 N–H and O–H groups in total. The second-order valence-corrected chi connectivity index (χ2v) is 8.62. The zero-order chi connectivity index (χ0) is 18.9. The minimum absolute atomic E-state index is 0.106. The van der Waals surface area contributed by atoms with E-state index in [0.29, 0.717) is 12.5 Å². The number of hydrogen-bond acceptors (Lipinski definition) is 5. The summed E-state index contributed by atoms with van der Waals surface area (Å²) in [6, 6.07) is 4.48. The zero-order valence-corrected chi connectivity index (χ0v) is 17.0. The molecule has 4 rings (SSSR count). The van der Waals surface area contributed by atoms with E-state index in [-0.39, 0.29) is 11.4 Å². The van der Waals surface area contributed by atoms with Crippen molar-refractivity contribution in [3.63, 3.8) is 0 Å². The lowest BCUT2D eigenvalue weighted by atomic mass is 9.92. The number of rotatable bonds is 6. The van der Waals surface area contributed by atoms with Crippen molar-refractivity contribution in [3.8, 4) is 0 Å². The zero-order valence-electron chi connectivity index (χ0n) is 16.2. The lowest BCUT2D eigenvalue weighted by Crippen LogP contribution is -2.53. The Morgan fingerprint density at radius 1 is 1.41 bits per heavy atom. The van der Waals surface area contributed by atoms with Gasteiger partial charge in [-0.2, -0.15) is 11.3 Å². The van der Waals surface area contributed by atoms with E-state index in [1.165, 1.54) is 5.56 Å². The standard InChI is InChI=1S/C21H28N4OS/c1-3-17-13-15(2)22-20(23-17)25-11-10-21(9-4-5-18(21)25)24-19(26)7-6-16-8-12-27-14-16/h8,12-14,18H,3-7,9-11H2,1-2H3,(H,24,26). The van der Waals surface area contributed by atoms with Crippen LogP contribution in [0.2, 0.25) is 0 Å². The van der Waals surface area contributed by atoms with Gasteiger partial charge < -0.3 is 10.2 Å². The molecule has 1 aliphatic heterocycles. The SMILES string of the molecule is CCc1cc(C)nc(N2CCC3(NC(=O)CCc4ccsc4)CCCC23)n1. The van der Waals surface area contributed by atoms with Crippen molar-refractivity contribution in [2.45, 2.75) is 70.4 Å². The van der Waals surface area contributed by atoms with Crippen LogP contribution in [0.25, 0.3) is 0 Å². The number of amides is 1. The number of fused-ring (bicyclic) bond motifs is 1. The molecule has 2 aromatic heterocycles. The summed E-state index contributed by atoms with van der Waals surface area (Å²) >= 11 is 1.69. The number of nitrogens with zero attached hydrogens (tertiary/aromatic N) is 3. The normalized spacial score (nSPS) is 24.2. The number of carbonyl (C=O) groups is 1. The van der Waals surface area contributed by atoms with Crippen molar-refractivity contribution < 1.29 is 4.79 Å². The third-order valence-corrected chi connectivity index (χ3v) is 6.77. The maximum Gasteiger partial charge on any atom is 0.226 e. The van der Waals surface area contributed by atoms with E-state index >= 15 is 0 Å². The van der Waals surface area contributed by atoms with Crippen LogP contribution in [0.15, 0.2) is 22.9 Å². The average molecular weight is 385 g/mol. The van der Waals surface area contributed by atoms with Crippen LogP contribution >= 0.6 is 11.3 Å². The highest BCUT2D eigenvalue weighted by Gasteiger charge is 2.51. The molecule has 0 spiro atoms. The molecule has 0 aromatic carbocycles. The van der Waals surface area contributed by atoms with Crippen LogP contribution in [-0.4, -0.2) is 34.0 Å². The topological polar surface area (TPSA) is 58.1 Å². The molecule has 2 unspecified atom stereocenters. The summed E-state index contributed by atoms with van der Waals surface area (Å²) in [6.07, 6.45) is 6.60. The number of aromatic nitrogens is 2. The molecule has 2 fully saturated rings. The van der Waals surface area contributed by atoms with Crippen molar-refractivity contribution in [2.24, 2.45) is 0 Å². The molecule has 1 amide bonds. The number of thiophene rings is 1. The van der Waals surface area contributed by atoms with Gasteiger partial charge in [0.05, 0.1) is 11.6 Å². The lowest BCUT2D eigenvalue weighted by molar-refractivity contribution is -0.123. The molecular weight excluding hydrogens is 356 g/mol. The van der Waals surface area contributed by atoms with E-state index < -0.39 is 0 Å². The Hall–Kier alpha value is -1.95. The first kappa shape index (κ1) is 18.4. The van der Waals surface area contributed by atoms with E-state index in [1.807, 2.05) is 6.92 Å². The largest absolute Gasteiger partial charge is 0.349 e. The maximum absolute atomic E-state index is 12.7. The van der Waals surface area contributed by atoms with Crippen molar-refractivity contribution in [2.75, 3.05) is 11.4 Å². The van der Waals surface area contributed by atoms with Crippen molar-refractivity contribution >= 4 is 23.2 Å². The molecule has 27 heavy (non-hydrogen) atoms. The summed E-state index contributed by atoms with van der Waals surface area (Å²) in [5.41, 5.74) is 3.26. The van der Waals surface area contributed by atoms with E-state index in [9.17, 15) is 4.79 Å². The molecule has 144 valence electrons. The summed E-state index contributed by atoms with van der Waals surface area (Å²) < 4.78 is 0. The van der Waals surface area contributed by atoms with Gasteiger partial charge in [-0.3, -0.25) is 4.79 Å². The Labute approximate surface area is 165 Å². The molecule has 3 heterocycles. The third kappa shape index (κ3) is 3.72. The predicted molar refractivity (Wildman–Crippen MR) is 109 cm³/mol. The highest BCUT2D eigenvalue weighted by Crippen LogP contribution is 2.43. The number of carbonyl (C=O) groups excluding carboxylic acids is 1. The Kier molecular flexibility index (Phi) is 5.17. The predicted octanol–water partition coefficient (Wildman–Crippen LogP) is 3.66. The van der Waals surface area contributed by atoms with Gasteiger partial charge in [-0.25, -0.2) is 9.97 Å². The Balaban J connectivity index is 1.47. The fourth-order valence-electron chi connectivity index (χ4n) is 4.68. The van der Waals surface area contributed by atoms with Crippen LogP contribution in [0.4, 0.5) is 5.95 Å². The van der Waals surface area contributed by atoms with Crippen LogP contribution in [-0.2, 0) is 17.6 Å². The molecule has 1 saturated carbocycles. The summed E-state index contributed by atoms with van der Waals surface area (Å²) in [5, 5.41) is 7.62. The van der Waals surface area contributed by atoms with Crippen LogP contribution < -0.4 is 10.2 Å². The summed E-state index contributed by atoms with van der Waals surface area (Å²) in [7, 11) is 0. The minimum atomic E-state index is -0.106. The monoisotopic (exact) mass is 384 g/mol. The first-order valence-corrected chi connectivity index (χ1v) is 11.0. The van der Waals surface area contributed by atoms with Gasteiger partial charge in [-0.15, -0.1) is 0 Å². The van der Waals surface area contributed by atoms with E-state index in [1.54, 1.807) is 11.3 Å². The van der Waals surface area contributed by atoms with E-state index in [4.69, 9.17) is 9.97 Å². The summed E-state index contributed by atoms with van der Waals surface area (Å²) in [6.45, 7) is 5.08. The Morgan fingerprint density at radius 2 is 2.30 bits per heavy atom. The smallest absolute Gasteiger partial charge is 0.226 e. The van der Waals surface area contributed by atoms with Crippen molar-refractivity contribution in [1.82, 2.24) is 15.3 Å². The molecular formula is C21H28N4OS. The maximum atomic E-state index is 12.7. The fourth-order valence-corrected chi connectivity index (χ4v) is 5.39. The van der Waals surface area contributed by atoms with Crippen molar-refractivity contribution in [1.29, 1.82) is 0 Å². The Morgan fingerprint density at radius 3 is 3.07 bits per heavy atom. The Bertz CT molecular complexity index is 807. The van der Waals surface area contributed by atoms with Gasteiger partial charge in [0, 0.05) is 24.4 Å². The number of aryl methyl sites for hydroxylation is 3.